The molecule has 3 aliphatic rings. The fourth-order valence-corrected chi connectivity index (χ4v) is 5.68. The summed E-state index contributed by atoms with van der Waals surface area (Å²) in [4.78, 5) is 14.0. The maximum absolute atomic E-state index is 13.5. The molecule has 4 aromatic rings. The van der Waals surface area contributed by atoms with Gasteiger partial charge in [-0.3, -0.25) is 9.58 Å². The van der Waals surface area contributed by atoms with E-state index in [2.05, 4.69) is 31.0 Å². The first-order valence-corrected chi connectivity index (χ1v) is 13.8. The summed E-state index contributed by atoms with van der Waals surface area (Å²) in [6.07, 6.45) is 0.539. The van der Waals surface area contributed by atoms with E-state index < -0.39 is 11.6 Å². The molecule has 7 rings (SSSR count). The number of alkyl halides is 3. The quantitative estimate of drug-likeness (QED) is 0.313. The Morgan fingerprint density at radius 3 is 2.42 bits per heavy atom. The first-order chi connectivity index (χ1) is 19.3. The number of hydrogen-bond donors (Lipinski definition) is 0. The number of nitrogens with zero attached hydrogens (tertiary/aromatic N) is 7. The lowest BCUT2D eigenvalue weighted by molar-refractivity contribution is -0.160. The summed E-state index contributed by atoms with van der Waals surface area (Å²) < 4.78 is 47.7. The molecule has 1 aliphatic heterocycles. The molecule has 0 unspecified atom stereocenters. The molecule has 0 radical (unpaired) electrons. The molecule has 3 fully saturated rings. The van der Waals surface area contributed by atoms with Gasteiger partial charge in [0.15, 0.2) is 5.69 Å². The first-order valence-electron chi connectivity index (χ1n) is 13.8. The molecule has 0 N–H and O–H groups in total. The Bertz CT molecular complexity index is 1510. The lowest BCUT2D eigenvalue weighted by Crippen LogP contribution is -2.47. The zero-order valence-electron chi connectivity index (χ0n) is 22.2. The van der Waals surface area contributed by atoms with Gasteiger partial charge in [-0.15, -0.1) is 0 Å². The van der Waals surface area contributed by atoms with Crippen molar-refractivity contribution in [2.75, 3.05) is 31.1 Å². The minimum atomic E-state index is -4.24. The van der Waals surface area contributed by atoms with E-state index in [9.17, 15) is 13.2 Å². The van der Waals surface area contributed by atoms with Crippen LogP contribution in [0.25, 0.3) is 23.0 Å². The van der Waals surface area contributed by atoms with Gasteiger partial charge in [0.05, 0.1) is 12.0 Å². The topological polar surface area (TPSA) is 76.1 Å². The largest absolute Gasteiger partial charge is 0.398 e. The van der Waals surface area contributed by atoms with Crippen molar-refractivity contribution in [3.05, 3.63) is 65.5 Å². The Kier molecular flexibility index (Phi) is 5.95. The van der Waals surface area contributed by atoms with Crippen molar-refractivity contribution in [3.8, 4) is 23.0 Å². The van der Waals surface area contributed by atoms with Crippen LogP contribution in [0.2, 0.25) is 0 Å². The first kappa shape index (κ1) is 25.3. The van der Waals surface area contributed by atoms with Crippen LogP contribution in [-0.4, -0.2) is 68.2 Å². The van der Waals surface area contributed by atoms with Gasteiger partial charge in [0, 0.05) is 49.7 Å². The third kappa shape index (κ3) is 4.66. The van der Waals surface area contributed by atoms with E-state index in [0.29, 0.717) is 23.6 Å². The molecular weight excluding hydrogens is 519 g/mol. The molecule has 0 bridgehead atoms. The highest BCUT2D eigenvalue weighted by Crippen LogP contribution is 2.58. The van der Waals surface area contributed by atoms with E-state index >= 15 is 0 Å². The number of anilines is 1. The molecule has 2 saturated carbocycles. The molecule has 11 heteroatoms. The van der Waals surface area contributed by atoms with E-state index in [1.807, 2.05) is 29.9 Å². The zero-order valence-corrected chi connectivity index (χ0v) is 22.2. The molecule has 208 valence electrons. The van der Waals surface area contributed by atoms with Gasteiger partial charge in [-0.1, -0.05) is 29.4 Å². The van der Waals surface area contributed by atoms with Gasteiger partial charge in [-0.25, -0.2) is 4.98 Å². The summed E-state index contributed by atoms with van der Waals surface area (Å²) >= 11 is 0. The van der Waals surface area contributed by atoms with E-state index in [0.717, 1.165) is 49.3 Å². The van der Waals surface area contributed by atoms with Crippen molar-refractivity contribution in [1.82, 2.24) is 29.8 Å². The second-order valence-electron chi connectivity index (χ2n) is 11.2. The Hall–Kier alpha value is -3.73. The summed E-state index contributed by atoms with van der Waals surface area (Å²) in [5.74, 6) is 1.57. The minimum Gasteiger partial charge on any atom is -0.354 e. The second-order valence-corrected chi connectivity index (χ2v) is 11.2. The molecule has 40 heavy (non-hydrogen) atoms. The van der Waals surface area contributed by atoms with Gasteiger partial charge in [-0.05, 0) is 61.9 Å². The highest BCUT2D eigenvalue weighted by molar-refractivity contribution is 5.59. The second kappa shape index (κ2) is 9.43. The Morgan fingerprint density at radius 1 is 1.00 bits per heavy atom. The van der Waals surface area contributed by atoms with E-state index in [-0.39, 0.29) is 24.3 Å². The van der Waals surface area contributed by atoms with E-state index in [4.69, 9.17) is 9.62 Å². The van der Waals surface area contributed by atoms with Crippen molar-refractivity contribution in [3.63, 3.8) is 0 Å². The molecular formula is C29H30F3N7O. The van der Waals surface area contributed by atoms with Gasteiger partial charge in [0.1, 0.15) is 5.82 Å². The van der Waals surface area contributed by atoms with Crippen LogP contribution in [0.4, 0.5) is 19.0 Å². The average Bonchev–Trinajstić information content (AvgIpc) is 3.88. The Balaban J connectivity index is 1.04. The Morgan fingerprint density at radius 2 is 1.75 bits per heavy atom. The third-order valence-electron chi connectivity index (χ3n) is 8.46. The summed E-state index contributed by atoms with van der Waals surface area (Å²) in [6, 6.07) is 13.1. The van der Waals surface area contributed by atoms with Gasteiger partial charge in [0.25, 0.3) is 5.89 Å². The van der Waals surface area contributed by atoms with Crippen LogP contribution in [-0.2, 0) is 12.0 Å². The number of pyridine rings is 1. The smallest absolute Gasteiger partial charge is 0.354 e. The summed E-state index contributed by atoms with van der Waals surface area (Å²) in [5, 5.41) is 8.75. The van der Waals surface area contributed by atoms with Crippen LogP contribution >= 0.6 is 0 Å². The van der Waals surface area contributed by atoms with Crippen molar-refractivity contribution in [1.29, 1.82) is 0 Å². The lowest BCUT2D eigenvalue weighted by Gasteiger charge is -2.35. The lowest BCUT2D eigenvalue weighted by atomic mass is 9.94. The van der Waals surface area contributed by atoms with Crippen LogP contribution in [0.5, 0.6) is 0 Å². The molecule has 4 heterocycles. The average molecular weight is 550 g/mol. The molecule has 0 spiro atoms. The number of rotatable bonds is 7. The number of hydrogen-bond acceptors (Lipinski definition) is 7. The zero-order chi connectivity index (χ0) is 27.5. The van der Waals surface area contributed by atoms with Gasteiger partial charge in [-0.2, -0.15) is 23.3 Å². The minimum absolute atomic E-state index is 0.127. The standard InChI is InChI=1S/C29H30F3N7O/c1-19-16-24(27-34-26(36-40-27)21-2-4-22(5-3-21)28(9-10-28)29(30,31)32)35-39(19)18-20-8-11-33-25(17-20)38-14-12-37(13-15-38)23-6-7-23/h2-5,8,11,16-17,23H,6-7,9-10,12-15,18H2,1H3. The van der Waals surface area contributed by atoms with Crippen molar-refractivity contribution in [2.45, 2.75) is 56.8 Å². The fraction of sp³-hybridized carbons (Fsp3) is 0.448. The number of halogens is 3. The predicted octanol–water partition coefficient (Wildman–Crippen LogP) is 5.23. The Labute approximate surface area is 229 Å². The SMILES string of the molecule is Cc1cc(-c2nc(-c3ccc(C4(C(F)(F)F)CC4)cc3)no2)nn1Cc1ccnc(N2CCN(C3CC3)CC2)c1. The van der Waals surface area contributed by atoms with Crippen LogP contribution in [0.15, 0.2) is 53.2 Å². The molecule has 8 nitrogen and oxygen atoms in total. The van der Waals surface area contributed by atoms with Gasteiger partial charge in [0.2, 0.25) is 5.82 Å². The van der Waals surface area contributed by atoms with Gasteiger partial charge >= 0.3 is 6.18 Å². The van der Waals surface area contributed by atoms with Crippen molar-refractivity contribution >= 4 is 5.82 Å². The van der Waals surface area contributed by atoms with Crippen molar-refractivity contribution < 1.29 is 17.7 Å². The summed E-state index contributed by atoms with van der Waals surface area (Å²) in [7, 11) is 0. The monoisotopic (exact) mass is 549 g/mol. The van der Waals surface area contributed by atoms with Crippen LogP contribution < -0.4 is 4.90 Å². The highest BCUT2D eigenvalue weighted by atomic mass is 19.4. The number of piperazine rings is 1. The maximum atomic E-state index is 13.5. The normalized spacial score (nSPS) is 19.2. The molecule has 0 atom stereocenters. The van der Waals surface area contributed by atoms with Crippen LogP contribution in [0, 0.1) is 6.92 Å². The maximum Gasteiger partial charge on any atom is 0.398 e. The molecule has 0 amide bonds. The third-order valence-corrected chi connectivity index (χ3v) is 8.46. The number of aryl methyl sites for hydroxylation is 1. The molecule has 1 saturated heterocycles. The van der Waals surface area contributed by atoms with Crippen LogP contribution in [0.1, 0.15) is 42.5 Å². The van der Waals surface area contributed by atoms with Crippen molar-refractivity contribution in [2.24, 2.45) is 0 Å². The van der Waals surface area contributed by atoms with E-state index in [1.165, 1.54) is 25.0 Å². The van der Waals surface area contributed by atoms with E-state index in [1.54, 1.807) is 12.1 Å². The molecule has 3 aromatic heterocycles. The van der Waals surface area contributed by atoms with Crippen LogP contribution in [0.3, 0.4) is 0 Å². The number of aromatic nitrogens is 5. The predicted molar refractivity (Wildman–Crippen MR) is 143 cm³/mol. The molecule has 1 aromatic carbocycles. The molecule has 2 aliphatic carbocycles. The summed E-state index contributed by atoms with van der Waals surface area (Å²) in [5.41, 5.74) is 1.76. The number of benzene rings is 1. The van der Waals surface area contributed by atoms with Gasteiger partial charge < -0.3 is 9.42 Å². The highest BCUT2D eigenvalue weighted by Gasteiger charge is 2.64. The summed E-state index contributed by atoms with van der Waals surface area (Å²) in [6.45, 7) is 6.70. The fourth-order valence-electron chi connectivity index (χ4n) is 5.68.